The highest BCUT2D eigenvalue weighted by molar-refractivity contribution is 5.76. The Bertz CT molecular complexity index is 645. The molecule has 1 saturated heterocycles. The molecule has 0 radical (unpaired) electrons. The van der Waals surface area contributed by atoms with Crippen LogP contribution in [0.3, 0.4) is 0 Å². The van der Waals surface area contributed by atoms with E-state index in [0.29, 0.717) is 23.9 Å². The van der Waals surface area contributed by atoms with Crippen molar-refractivity contribution in [3.05, 3.63) is 24.3 Å². The van der Waals surface area contributed by atoms with Gasteiger partial charge in [0.15, 0.2) is 5.76 Å². The van der Waals surface area contributed by atoms with Gasteiger partial charge in [0.1, 0.15) is 0 Å². The van der Waals surface area contributed by atoms with Crippen LogP contribution in [0.15, 0.2) is 27.3 Å². The first-order chi connectivity index (χ1) is 11.7. The normalized spacial score (nSPS) is 17.8. The number of aromatic nitrogens is 2. The molecule has 3 rings (SSSR count). The summed E-state index contributed by atoms with van der Waals surface area (Å²) in [5.74, 6) is 1.83. The predicted molar refractivity (Wildman–Crippen MR) is 88.1 cm³/mol. The molecule has 1 aliphatic heterocycles. The van der Waals surface area contributed by atoms with Gasteiger partial charge < -0.3 is 14.3 Å². The van der Waals surface area contributed by atoms with Crippen LogP contribution in [0.1, 0.15) is 51.5 Å². The maximum absolute atomic E-state index is 11.7. The lowest BCUT2D eigenvalue weighted by molar-refractivity contribution is -0.122. The molecule has 1 N–H and O–H groups in total. The average molecular weight is 332 g/mol. The Morgan fingerprint density at radius 1 is 1.46 bits per heavy atom. The van der Waals surface area contributed by atoms with Gasteiger partial charge in [0.2, 0.25) is 17.6 Å². The summed E-state index contributed by atoms with van der Waals surface area (Å²) in [4.78, 5) is 18.4. The lowest BCUT2D eigenvalue weighted by atomic mass is 10.0. The van der Waals surface area contributed by atoms with Crippen molar-refractivity contribution in [1.29, 1.82) is 0 Å². The Labute approximate surface area is 141 Å². The molecule has 1 amide bonds. The van der Waals surface area contributed by atoms with E-state index in [1.807, 2.05) is 13.0 Å². The fraction of sp³-hybridized carbons (Fsp3) is 0.588. The van der Waals surface area contributed by atoms with Crippen LogP contribution in [0.2, 0.25) is 0 Å². The van der Waals surface area contributed by atoms with E-state index in [-0.39, 0.29) is 18.0 Å². The van der Waals surface area contributed by atoms with Crippen molar-refractivity contribution in [2.24, 2.45) is 0 Å². The quantitative estimate of drug-likeness (QED) is 0.875. The van der Waals surface area contributed by atoms with Gasteiger partial charge in [0.25, 0.3) is 0 Å². The van der Waals surface area contributed by atoms with Gasteiger partial charge in [-0.1, -0.05) is 12.1 Å². The minimum atomic E-state index is 0.0495. The highest BCUT2D eigenvalue weighted by atomic mass is 16.5. The second kappa shape index (κ2) is 7.61. The molecule has 0 aliphatic carbocycles. The van der Waals surface area contributed by atoms with Gasteiger partial charge in [-0.25, -0.2) is 0 Å². The summed E-state index contributed by atoms with van der Waals surface area (Å²) in [6.07, 6.45) is 4.97. The summed E-state index contributed by atoms with van der Waals surface area (Å²) in [6.45, 7) is 5.88. The number of hydrogen-bond donors (Lipinski definition) is 1. The van der Waals surface area contributed by atoms with Crippen molar-refractivity contribution in [2.45, 2.75) is 51.6 Å². The molecule has 0 unspecified atom stereocenters. The van der Waals surface area contributed by atoms with Crippen LogP contribution in [-0.4, -0.2) is 40.1 Å². The minimum absolute atomic E-state index is 0.0495. The number of carbonyl (C=O) groups is 1. The predicted octanol–water partition coefficient (Wildman–Crippen LogP) is 2.77. The number of nitrogens with one attached hydrogen (secondary N) is 1. The number of rotatable bonds is 6. The number of nitrogens with zero attached hydrogens (tertiary/aromatic N) is 3. The van der Waals surface area contributed by atoms with E-state index in [2.05, 4.69) is 27.3 Å². The highest BCUT2D eigenvalue weighted by Gasteiger charge is 2.27. The molecule has 7 heteroatoms. The third kappa shape index (κ3) is 3.84. The van der Waals surface area contributed by atoms with Gasteiger partial charge in [-0.05, 0) is 38.3 Å². The number of amides is 1. The zero-order chi connectivity index (χ0) is 16.9. The van der Waals surface area contributed by atoms with E-state index >= 15 is 0 Å². The van der Waals surface area contributed by atoms with E-state index in [4.69, 9.17) is 8.94 Å². The van der Waals surface area contributed by atoms with Gasteiger partial charge in [-0.15, -0.1) is 0 Å². The lowest BCUT2D eigenvalue weighted by Crippen LogP contribution is -2.45. The molecule has 1 atom stereocenters. The number of carbonyl (C=O) groups excluding carboxylic acids is 1. The molecular weight excluding hydrogens is 308 g/mol. The Balaban J connectivity index is 1.54. The molecule has 24 heavy (non-hydrogen) atoms. The lowest BCUT2D eigenvalue weighted by Gasteiger charge is -2.34. The fourth-order valence-corrected chi connectivity index (χ4v) is 3.02. The Morgan fingerprint density at radius 2 is 2.25 bits per heavy atom. The summed E-state index contributed by atoms with van der Waals surface area (Å²) >= 11 is 0. The zero-order valence-electron chi connectivity index (χ0n) is 14.2. The van der Waals surface area contributed by atoms with E-state index in [1.165, 1.54) is 0 Å². The Hall–Kier alpha value is -2.15. The highest BCUT2D eigenvalue weighted by Crippen LogP contribution is 2.25. The first-order valence-corrected chi connectivity index (χ1v) is 8.58. The summed E-state index contributed by atoms with van der Waals surface area (Å²) < 4.78 is 10.7. The van der Waals surface area contributed by atoms with Crippen molar-refractivity contribution in [3.8, 4) is 11.6 Å². The van der Waals surface area contributed by atoms with E-state index < -0.39 is 0 Å². The van der Waals surface area contributed by atoms with Crippen molar-refractivity contribution in [1.82, 2.24) is 20.4 Å². The maximum Gasteiger partial charge on any atom is 0.244 e. The van der Waals surface area contributed by atoms with Crippen LogP contribution in [0.5, 0.6) is 0 Å². The molecule has 0 saturated carbocycles. The third-order valence-corrected chi connectivity index (χ3v) is 4.46. The first-order valence-electron chi connectivity index (χ1n) is 8.58. The standard InChI is InChI=1S/C17H24N4O3/c1-3-5-15(22)18-13-7-9-21(10-8-13)12(2)17-19-16(20-24-17)14-6-4-11-23-14/h4,6,11-13H,3,5,7-10H2,1-2H3,(H,18,22)/t12-/m1/s1. The number of piperidine rings is 1. The van der Waals surface area contributed by atoms with E-state index in [1.54, 1.807) is 12.3 Å². The van der Waals surface area contributed by atoms with Crippen LogP contribution < -0.4 is 5.32 Å². The second-order valence-electron chi connectivity index (χ2n) is 6.24. The van der Waals surface area contributed by atoms with E-state index in [9.17, 15) is 4.79 Å². The maximum atomic E-state index is 11.7. The molecule has 1 aliphatic rings. The second-order valence-corrected chi connectivity index (χ2v) is 6.24. The molecule has 0 spiro atoms. The molecule has 7 nitrogen and oxygen atoms in total. The largest absolute Gasteiger partial charge is 0.461 e. The van der Waals surface area contributed by atoms with Crippen molar-refractivity contribution in [3.63, 3.8) is 0 Å². The van der Waals surface area contributed by atoms with Crippen LogP contribution in [0.4, 0.5) is 0 Å². The molecule has 130 valence electrons. The van der Waals surface area contributed by atoms with Gasteiger partial charge in [-0.2, -0.15) is 4.98 Å². The van der Waals surface area contributed by atoms with Crippen molar-refractivity contribution >= 4 is 5.91 Å². The monoisotopic (exact) mass is 332 g/mol. The van der Waals surface area contributed by atoms with Crippen LogP contribution >= 0.6 is 0 Å². The van der Waals surface area contributed by atoms with Crippen LogP contribution in [0.25, 0.3) is 11.6 Å². The summed E-state index contributed by atoms with van der Waals surface area (Å²) in [6, 6.07) is 3.93. The summed E-state index contributed by atoms with van der Waals surface area (Å²) in [5.41, 5.74) is 0. The third-order valence-electron chi connectivity index (χ3n) is 4.46. The summed E-state index contributed by atoms with van der Waals surface area (Å²) in [7, 11) is 0. The Kier molecular flexibility index (Phi) is 5.30. The topological polar surface area (TPSA) is 84.4 Å². The zero-order valence-corrected chi connectivity index (χ0v) is 14.2. The molecule has 0 bridgehead atoms. The van der Waals surface area contributed by atoms with E-state index in [0.717, 1.165) is 32.4 Å². The molecular formula is C17H24N4O3. The molecule has 2 aromatic rings. The number of hydrogen-bond acceptors (Lipinski definition) is 6. The fourth-order valence-electron chi connectivity index (χ4n) is 3.02. The van der Waals surface area contributed by atoms with Gasteiger partial charge >= 0.3 is 0 Å². The Morgan fingerprint density at radius 3 is 2.92 bits per heavy atom. The summed E-state index contributed by atoms with van der Waals surface area (Å²) in [5, 5.41) is 7.10. The van der Waals surface area contributed by atoms with Crippen molar-refractivity contribution < 1.29 is 13.7 Å². The molecule has 1 fully saturated rings. The first kappa shape index (κ1) is 16.7. The molecule has 2 aromatic heterocycles. The average Bonchev–Trinajstić information content (AvgIpc) is 3.26. The van der Waals surface area contributed by atoms with Gasteiger partial charge in [-0.3, -0.25) is 9.69 Å². The van der Waals surface area contributed by atoms with Crippen molar-refractivity contribution in [2.75, 3.05) is 13.1 Å². The number of likely N-dealkylation sites (tertiary alicyclic amines) is 1. The minimum Gasteiger partial charge on any atom is -0.461 e. The van der Waals surface area contributed by atoms with Crippen LogP contribution in [-0.2, 0) is 4.79 Å². The van der Waals surface area contributed by atoms with Gasteiger partial charge in [0.05, 0.1) is 12.3 Å². The molecule has 3 heterocycles. The number of furan rings is 1. The SMILES string of the molecule is CCCC(=O)NC1CCN([C@H](C)c2nc(-c3ccco3)no2)CC1. The van der Waals surface area contributed by atoms with Crippen LogP contribution in [0, 0.1) is 0 Å². The molecule has 0 aromatic carbocycles. The van der Waals surface area contributed by atoms with Gasteiger partial charge in [0, 0.05) is 25.6 Å². The smallest absolute Gasteiger partial charge is 0.244 e.